The van der Waals surface area contributed by atoms with Gasteiger partial charge in [-0.15, -0.1) is 11.3 Å². The number of rotatable bonds is 8. The number of hydrogen-bond acceptors (Lipinski definition) is 4. The summed E-state index contributed by atoms with van der Waals surface area (Å²) >= 11 is 1.67. The number of aryl methyl sites for hydroxylation is 1. The molecule has 1 amide bonds. The SMILES string of the molecule is Cc1cccc2scc(Cn3c(=O)n(C(C[C]=O)CCC(N)=O)c4ccccc43)c12. The molecule has 1 atom stereocenters. The van der Waals surface area contributed by atoms with Crippen LogP contribution in [0.25, 0.3) is 21.1 Å². The lowest BCUT2D eigenvalue weighted by Gasteiger charge is -2.15. The summed E-state index contributed by atoms with van der Waals surface area (Å²) < 4.78 is 4.55. The highest BCUT2D eigenvalue weighted by Crippen LogP contribution is 2.30. The number of thiophene rings is 1. The molecule has 2 aromatic carbocycles. The van der Waals surface area contributed by atoms with Crippen LogP contribution < -0.4 is 11.4 Å². The number of imidazole rings is 1. The average molecular weight is 421 g/mol. The fourth-order valence-corrected chi connectivity index (χ4v) is 5.12. The van der Waals surface area contributed by atoms with Crippen LogP contribution in [0.3, 0.4) is 0 Å². The number of nitrogens with two attached hydrogens (primary N) is 1. The van der Waals surface area contributed by atoms with Gasteiger partial charge in [-0.25, -0.2) is 4.79 Å². The maximum atomic E-state index is 13.5. The molecule has 0 aliphatic rings. The third kappa shape index (κ3) is 3.57. The molecule has 1 unspecified atom stereocenters. The van der Waals surface area contributed by atoms with Gasteiger partial charge >= 0.3 is 5.69 Å². The Morgan fingerprint density at radius 2 is 1.93 bits per heavy atom. The first-order valence-corrected chi connectivity index (χ1v) is 10.7. The fraction of sp³-hybridized carbons (Fsp3) is 0.261. The number of amides is 1. The molecule has 2 N–H and O–H groups in total. The van der Waals surface area contributed by atoms with Gasteiger partial charge in [0.2, 0.25) is 12.2 Å². The number of nitrogens with zero attached hydrogens (tertiary/aromatic N) is 2. The third-order valence-electron chi connectivity index (χ3n) is 5.49. The number of para-hydroxylation sites is 2. The number of carbonyl (C=O) groups excluding carboxylic acids is 2. The minimum absolute atomic E-state index is 0.0294. The molecule has 7 heteroatoms. The average Bonchev–Trinajstić information content (AvgIpc) is 3.26. The summed E-state index contributed by atoms with van der Waals surface area (Å²) in [7, 11) is 0. The molecule has 0 saturated carbocycles. The smallest absolute Gasteiger partial charge is 0.329 e. The molecular formula is C23H22N3O3S. The second-order valence-electron chi connectivity index (χ2n) is 7.44. The van der Waals surface area contributed by atoms with Crippen LogP contribution in [0.1, 0.15) is 36.4 Å². The number of hydrogen-bond donors (Lipinski definition) is 1. The van der Waals surface area contributed by atoms with Crippen LogP contribution in [-0.4, -0.2) is 21.3 Å². The number of primary amides is 1. The zero-order valence-electron chi connectivity index (χ0n) is 16.6. The van der Waals surface area contributed by atoms with Crippen LogP contribution in [0, 0.1) is 6.92 Å². The summed E-state index contributed by atoms with van der Waals surface area (Å²) in [5.41, 5.74) is 8.90. The van der Waals surface area contributed by atoms with Gasteiger partial charge in [0, 0.05) is 29.0 Å². The highest BCUT2D eigenvalue weighted by molar-refractivity contribution is 7.17. The van der Waals surface area contributed by atoms with Crippen molar-refractivity contribution in [1.29, 1.82) is 0 Å². The summed E-state index contributed by atoms with van der Waals surface area (Å²) in [6.45, 7) is 2.51. The van der Waals surface area contributed by atoms with Crippen molar-refractivity contribution in [3.05, 3.63) is 69.5 Å². The van der Waals surface area contributed by atoms with Gasteiger partial charge < -0.3 is 5.73 Å². The van der Waals surface area contributed by atoms with Crippen molar-refractivity contribution in [1.82, 2.24) is 9.13 Å². The van der Waals surface area contributed by atoms with Gasteiger partial charge in [0.05, 0.1) is 17.6 Å². The van der Waals surface area contributed by atoms with E-state index in [2.05, 4.69) is 24.4 Å². The van der Waals surface area contributed by atoms with Gasteiger partial charge in [-0.05, 0) is 48.1 Å². The summed E-state index contributed by atoms with van der Waals surface area (Å²) in [5.74, 6) is -0.456. The van der Waals surface area contributed by atoms with Crippen LogP contribution in [-0.2, 0) is 16.1 Å². The van der Waals surface area contributed by atoms with Gasteiger partial charge in [-0.1, -0.05) is 24.3 Å². The lowest BCUT2D eigenvalue weighted by atomic mass is 10.1. The molecule has 1 radical (unpaired) electrons. The Kier molecular flexibility index (Phi) is 5.55. The minimum atomic E-state index is -0.463. The number of fused-ring (bicyclic) bond motifs is 2. The monoisotopic (exact) mass is 420 g/mol. The summed E-state index contributed by atoms with van der Waals surface area (Å²) in [4.78, 5) is 35.9. The van der Waals surface area contributed by atoms with E-state index in [9.17, 15) is 14.4 Å². The first-order chi connectivity index (χ1) is 14.5. The molecule has 2 aromatic heterocycles. The third-order valence-corrected chi connectivity index (χ3v) is 6.49. The summed E-state index contributed by atoms with van der Waals surface area (Å²) in [6.07, 6.45) is 2.35. The van der Waals surface area contributed by atoms with Gasteiger partial charge in [-0.3, -0.25) is 18.7 Å². The van der Waals surface area contributed by atoms with Crippen LogP contribution in [0.15, 0.2) is 52.6 Å². The molecule has 153 valence electrons. The maximum Gasteiger partial charge on any atom is 0.329 e. The van der Waals surface area contributed by atoms with E-state index in [1.807, 2.05) is 36.6 Å². The van der Waals surface area contributed by atoms with E-state index in [0.717, 1.165) is 16.6 Å². The molecule has 0 aliphatic heterocycles. The number of aromatic nitrogens is 2. The Morgan fingerprint density at radius 1 is 1.17 bits per heavy atom. The van der Waals surface area contributed by atoms with Crippen molar-refractivity contribution in [3.8, 4) is 0 Å². The minimum Gasteiger partial charge on any atom is -0.370 e. The lowest BCUT2D eigenvalue weighted by Crippen LogP contribution is -2.29. The van der Waals surface area contributed by atoms with Crippen LogP contribution in [0.2, 0.25) is 0 Å². The van der Waals surface area contributed by atoms with E-state index in [1.165, 1.54) is 15.6 Å². The van der Waals surface area contributed by atoms with Crippen LogP contribution >= 0.6 is 11.3 Å². The first kappa shape index (κ1) is 20.1. The molecule has 2 heterocycles. The molecule has 4 aromatic rings. The second kappa shape index (κ2) is 8.28. The van der Waals surface area contributed by atoms with Crippen molar-refractivity contribution in [3.63, 3.8) is 0 Å². The van der Waals surface area contributed by atoms with E-state index in [-0.39, 0.29) is 18.5 Å². The summed E-state index contributed by atoms with van der Waals surface area (Å²) in [6, 6.07) is 13.3. The Balaban J connectivity index is 1.85. The van der Waals surface area contributed by atoms with E-state index in [1.54, 1.807) is 20.5 Å². The van der Waals surface area contributed by atoms with Crippen LogP contribution in [0.4, 0.5) is 0 Å². The van der Waals surface area contributed by atoms with Crippen molar-refractivity contribution < 1.29 is 9.59 Å². The van der Waals surface area contributed by atoms with Gasteiger partial charge in [-0.2, -0.15) is 0 Å². The van der Waals surface area contributed by atoms with Gasteiger partial charge in [0.1, 0.15) is 0 Å². The standard InChI is InChI=1S/C23H22N3O3S/c1-15-5-4-8-20-22(15)16(14-30-20)13-25-18-6-2-3-7-19(18)26(23(25)29)17(11-12-27)9-10-21(24)28/h2-8,14,17H,9-11,13H2,1H3,(H2,24,28). The molecule has 4 rings (SSSR count). The molecule has 30 heavy (non-hydrogen) atoms. The summed E-state index contributed by atoms with van der Waals surface area (Å²) in [5, 5.41) is 3.28. The van der Waals surface area contributed by atoms with E-state index in [4.69, 9.17) is 5.73 Å². The molecule has 6 nitrogen and oxygen atoms in total. The van der Waals surface area contributed by atoms with Gasteiger partial charge in [0.25, 0.3) is 0 Å². The highest BCUT2D eigenvalue weighted by Gasteiger charge is 2.22. The Morgan fingerprint density at radius 3 is 2.67 bits per heavy atom. The van der Waals surface area contributed by atoms with E-state index < -0.39 is 11.9 Å². The molecule has 0 fully saturated rings. The molecule has 0 aliphatic carbocycles. The number of benzene rings is 2. The van der Waals surface area contributed by atoms with Crippen molar-refractivity contribution in [2.24, 2.45) is 5.73 Å². The topological polar surface area (TPSA) is 87.1 Å². The first-order valence-electron chi connectivity index (χ1n) is 9.80. The van der Waals surface area contributed by atoms with Crippen molar-refractivity contribution >= 4 is 44.6 Å². The van der Waals surface area contributed by atoms with E-state index in [0.29, 0.717) is 13.0 Å². The Labute approximate surface area is 177 Å². The normalized spacial score (nSPS) is 12.4. The molecule has 0 bridgehead atoms. The Hall–Kier alpha value is -3.19. The maximum absolute atomic E-state index is 13.5. The van der Waals surface area contributed by atoms with Crippen molar-refractivity contribution in [2.45, 2.75) is 38.8 Å². The molecule has 0 saturated heterocycles. The van der Waals surface area contributed by atoms with E-state index >= 15 is 0 Å². The zero-order chi connectivity index (χ0) is 21.3. The lowest BCUT2D eigenvalue weighted by molar-refractivity contribution is -0.118. The predicted molar refractivity (Wildman–Crippen MR) is 120 cm³/mol. The highest BCUT2D eigenvalue weighted by atomic mass is 32.1. The zero-order valence-corrected chi connectivity index (χ0v) is 17.4. The number of carbonyl (C=O) groups is 1. The predicted octanol–water partition coefficient (Wildman–Crippen LogP) is 3.68. The van der Waals surface area contributed by atoms with Crippen LogP contribution in [0.5, 0.6) is 0 Å². The second-order valence-corrected chi connectivity index (χ2v) is 8.35. The Bertz CT molecular complexity index is 1300. The largest absolute Gasteiger partial charge is 0.370 e. The van der Waals surface area contributed by atoms with Crippen molar-refractivity contribution in [2.75, 3.05) is 0 Å². The quantitative estimate of drug-likeness (QED) is 0.472. The molecular weight excluding hydrogens is 398 g/mol. The van der Waals surface area contributed by atoms with Gasteiger partial charge in [0.15, 0.2) is 0 Å². The molecule has 0 spiro atoms. The fourth-order valence-electron chi connectivity index (χ4n) is 4.10.